The minimum Gasteiger partial charge on any atom is -0.488 e. The van der Waals surface area contributed by atoms with Crippen molar-refractivity contribution in [3.05, 3.63) is 129 Å². The van der Waals surface area contributed by atoms with Crippen LogP contribution >= 0.6 is 11.6 Å². The summed E-state index contributed by atoms with van der Waals surface area (Å²) in [4.78, 5) is 19.6. The number of aliphatic hydroxyl groups excluding tert-OH is 2. The lowest BCUT2D eigenvalue weighted by molar-refractivity contribution is -0.139. The Hall–Kier alpha value is -5.75. The zero-order chi connectivity index (χ0) is 40.7. The van der Waals surface area contributed by atoms with Crippen LogP contribution in [0.4, 0.5) is 0 Å². The molecule has 0 saturated carbocycles. The zero-order valence-electron chi connectivity index (χ0n) is 32.0. The predicted molar refractivity (Wildman–Crippen MR) is 214 cm³/mol. The van der Waals surface area contributed by atoms with E-state index in [1.807, 2.05) is 30.3 Å². The van der Waals surface area contributed by atoms with Gasteiger partial charge in [-0.05, 0) is 65.4 Å². The molecule has 2 heterocycles. The second kappa shape index (κ2) is 21.0. The highest BCUT2D eigenvalue weighted by molar-refractivity contribution is 6.32. The second-order valence-electron chi connectivity index (χ2n) is 13.2. The Morgan fingerprint density at radius 2 is 1.54 bits per heavy atom. The number of hydrogen-bond donors (Lipinski definition) is 5. The molecule has 0 aliphatic rings. The van der Waals surface area contributed by atoms with E-state index in [-0.39, 0.29) is 39.3 Å². The highest BCUT2D eigenvalue weighted by atomic mass is 35.5. The molecule has 13 nitrogen and oxygen atoms in total. The van der Waals surface area contributed by atoms with E-state index in [1.165, 1.54) is 6.20 Å². The second-order valence-corrected chi connectivity index (χ2v) is 13.6. The number of methoxy groups -OCH3 is 1. The van der Waals surface area contributed by atoms with E-state index in [4.69, 9.17) is 40.8 Å². The van der Waals surface area contributed by atoms with Crippen LogP contribution in [0.1, 0.15) is 50.9 Å². The molecule has 0 amide bonds. The first-order chi connectivity index (χ1) is 27.6. The molecule has 0 fully saturated rings. The van der Waals surface area contributed by atoms with Crippen LogP contribution in [-0.2, 0) is 37.7 Å². The lowest BCUT2D eigenvalue weighted by atomic mass is 9.92. The number of carbonyl (C=O) groups is 1. The van der Waals surface area contributed by atoms with Crippen LogP contribution in [0.3, 0.4) is 0 Å². The molecular formula is C43H46ClN5O8. The van der Waals surface area contributed by atoms with Crippen molar-refractivity contribution in [3.63, 3.8) is 0 Å². The quantitative estimate of drug-likeness (QED) is 0.0542. The zero-order valence-corrected chi connectivity index (χ0v) is 32.8. The van der Waals surface area contributed by atoms with E-state index in [9.17, 15) is 15.2 Å². The van der Waals surface area contributed by atoms with Crippen LogP contribution in [-0.4, -0.2) is 64.2 Å². The van der Waals surface area contributed by atoms with Crippen LogP contribution in [0, 0.1) is 25.2 Å². The van der Waals surface area contributed by atoms with Gasteiger partial charge in [-0.1, -0.05) is 48.0 Å². The topological polar surface area (TPSA) is 188 Å². The lowest BCUT2D eigenvalue weighted by Crippen LogP contribution is -2.28. The predicted octanol–water partition coefficient (Wildman–Crippen LogP) is 6.04. The molecule has 0 saturated heterocycles. The van der Waals surface area contributed by atoms with Crippen molar-refractivity contribution in [2.24, 2.45) is 0 Å². The van der Waals surface area contributed by atoms with Crippen molar-refractivity contribution in [1.82, 2.24) is 20.6 Å². The van der Waals surface area contributed by atoms with E-state index in [1.54, 1.807) is 37.6 Å². The molecule has 5 N–H and O–H groups in total. The van der Waals surface area contributed by atoms with Gasteiger partial charge >= 0.3 is 5.97 Å². The Morgan fingerprint density at radius 1 is 0.860 bits per heavy atom. The van der Waals surface area contributed by atoms with Crippen molar-refractivity contribution in [2.75, 3.05) is 26.8 Å². The Labute approximate surface area is 336 Å². The number of aliphatic carboxylic acids is 1. The molecule has 1 atom stereocenters. The SMILES string of the molecule is COc1nc(OCc2cccc(-c3cccc(COc4cc(OCc5cncc(C#N)c5)c(CNC[C@@H](O)CC(=O)O)cc4Cl)c3C)c2C)ccc1CNCCO. The Balaban J connectivity index is 1.31. The molecule has 0 radical (unpaired) electrons. The Bertz CT molecular complexity index is 2190. The van der Waals surface area contributed by atoms with Crippen LogP contribution in [0.2, 0.25) is 5.02 Å². The third-order valence-electron chi connectivity index (χ3n) is 9.19. The van der Waals surface area contributed by atoms with Gasteiger partial charge in [0.25, 0.3) is 0 Å². The molecule has 0 spiro atoms. The normalized spacial score (nSPS) is 11.5. The van der Waals surface area contributed by atoms with Gasteiger partial charge in [0.2, 0.25) is 11.8 Å². The molecule has 0 unspecified atom stereocenters. The maximum absolute atomic E-state index is 11.0. The van der Waals surface area contributed by atoms with Gasteiger partial charge in [-0.3, -0.25) is 9.78 Å². The first kappa shape index (κ1) is 42.4. The molecule has 0 bridgehead atoms. The molecule has 5 aromatic rings. The van der Waals surface area contributed by atoms with Crippen molar-refractivity contribution in [3.8, 4) is 40.5 Å². The van der Waals surface area contributed by atoms with Gasteiger partial charge in [0.1, 0.15) is 37.4 Å². The number of nitrogens with one attached hydrogen (secondary N) is 2. The van der Waals surface area contributed by atoms with E-state index >= 15 is 0 Å². The molecule has 2 aromatic heterocycles. The van der Waals surface area contributed by atoms with Crippen LogP contribution in [0.25, 0.3) is 11.1 Å². The number of ether oxygens (including phenoxy) is 4. The number of nitriles is 1. The summed E-state index contributed by atoms with van der Waals surface area (Å²) < 4.78 is 24.1. The smallest absolute Gasteiger partial charge is 0.306 e. The average molecular weight is 796 g/mol. The summed E-state index contributed by atoms with van der Waals surface area (Å²) in [6.45, 7) is 6.06. The maximum Gasteiger partial charge on any atom is 0.306 e. The summed E-state index contributed by atoms with van der Waals surface area (Å²) in [5.74, 6) is 0.653. The first-order valence-electron chi connectivity index (χ1n) is 18.3. The van der Waals surface area contributed by atoms with E-state index in [0.717, 1.165) is 38.9 Å². The highest BCUT2D eigenvalue weighted by Gasteiger charge is 2.17. The van der Waals surface area contributed by atoms with Gasteiger partial charge in [0.15, 0.2) is 0 Å². The molecule has 5 rings (SSSR count). The van der Waals surface area contributed by atoms with Gasteiger partial charge < -0.3 is 44.9 Å². The van der Waals surface area contributed by atoms with E-state index in [0.29, 0.717) is 64.7 Å². The fraction of sp³-hybridized carbons (Fsp3) is 0.302. The fourth-order valence-electron chi connectivity index (χ4n) is 6.11. The van der Waals surface area contributed by atoms with Gasteiger partial charge in [0.05, 0.1) is 36.8 Å². The molecular weight excluding hydrogens is 750 g/mol. The van der Waals surface area contributed by atoms with Gasteiger partial charge in [-0.25, -0.2) is 0 Å². The third-order valence-corrected chi connectivity index (χ3v) is 9.49. The summed E-state index contributed by atoms with van der Waals surface area (Å²) >= 11 is 6.75. The number of hydrogen-bond acceptors (Lipinski definition) is 12. The summed E-state index contributed by atoms with van der Waals surface area (Å²) in [6, 6.07) is 23.1. The molecule has 0 aliphatic carbocycles. The number of rotatable bonds is 21. The van der Waals surface area contributed by atoms with Gasteiger partial charge in [0, 0.05) is 67.4 Å². The average Bonchev–Trinajstić information content (AvgIpc) is 3.20. The van der Waals surface area contributed by atoms with Crippen molar-refractivity contribution >= 4 is 17.6 Å². The standard InChI is InChI=1S/C43H46ClN5O8/c1-27-32(6-4-8-36(27)37-9-5-7-33(28(37)2)26-57-41-11-10-31(21-46-12-13-50)43(49-41)54-3)25-56-40-17-39(55-24-30-14-29(18-45)19-47-20-30)34(15-38(40)44)22-48-23-35(51)16-42(52)53/h4-11,14-15,17,19-20,35,46,48,50-51H,12-13,16,21-26H2,1-3H3,(H,52,53)/t35-/m0/s1. The van der Waals surface area contributed by atoms with Crippen LogP contribution in [0.5, 0.6) is 23.3 Å². The van der Waals surface area contributed by atoms with Crippen molar-refractivity contribution < 1.29 is 39.1 Å². The minimum absolute atomic E-state index is 0.0443. The first-order valence-corrected chi connectivity index (χ1v) is 18.7. The molecule has 298 valence electrons. The maximum atomic E-state index is 11.0. The third kappa shape index (κ3) is 11.9. The fourth-order valence-corrected chi connectivity index (χ4v) is 6.35. The molecule has 0 aliphatic heterocycles. The van der Waals surface area contributed by atoms with E-state index in [2.05, 4.69) is 52.7 Å². The number of carboxylic acid groups (broad SMARTS) is 1. The molecule has 14 heteroatoms. The number of nitrogens with zero attached hydrogens (tertiary/aromatic N) is 3. The number of benzene rings is 3. The number of aliphatic hydroxyl groups is 2. The summed E-state index contributed by atoms with van der Waals surface area (Å²) in [7, 11) is 1.56. The monoisotopic (exact) mass is 795 g/mol. The van der Waals surface area contributed by atoms with Crippen LogP contribution < -0.4 is 29.6 Å². The number of pyridine rings is 2. The number of carboxylic acids is 1. The summed E-state index contributed by atoms with van der Waals surface area (Å²) in [5.41, 5.74) is 8.78. The summed E-state index contributed by atoms with van der Waals surface area (Å²) in [5, 5.41) is 43.9. The highest BCUT2D eigenvalue weighted by Crippen LogP contribution is 2.36. The lowest BCUT2D eigenvalue weighted by Gasteiger charge is -2.18. The molecule has 57 heavy (non-hydrogen) atoms. The number of aromatic nitrogens is 2. The van der Waals surface area contributed by atoms with Crippen LogP contribution in [0.15, 0.2) is 79.1 Å². The minimum atomic E-state index is -1.09. The van der Waals surface area contributed by atoms with E-state index < -0.39 is 12.1 Å². The largest absolute Gasteiger partial charge is 0.488 e. The number of halogens is 1. The summed E-state index contributed by atoms with van der Waals surface area (Å²) in [6.07, 6.45) is 1.63. The molecule has 3 aromatic carbocycles. The van der Waals surface area contributed by atoms with Crippen molar-refractivity contribution in [2.45, 2.75) is 59.3 Å². The van der Waals surface area contributed by atoms with Gasteiger partial charge in [-0.2, -0.15) is 10.2 Å². The van der Waals surface area contributed by atoms with Crippen molar-refractivity contribution in [1.29, 1.82) is 5.26 Å². The Morgan fingerprint density at radius 3 is 2.21 bits per heavy atom. The van der Waals surface area contributed by atoms with Gasteiger partial charge in [-0.15, -0.1) is 0 Å². The Kier molecular flexibility index (Phi) is 15.6.